The first kappa shape index (κ1) is 6.01. The molecule has 1 aliphatic carbocycles. The third-order valence-electron chi connectivity index (χ3n) is 1.17. The van der Waals surface area contributed by atoms with Crippen molar-refractivity contribution in [2.75, 3.05) is 0 Å². The molecule has 2 unspecified atom stereocenters. The van der Waals surface area contributed by atoms with E-state index < -0.39 is 16.5 Å². The summed E-state index contributed by atoms with van der Waals surface area (Å²) in [6.45, 7) is 0. The van der Waals surface area contributed by atoms with E-state index in [9.17, 15) is 9.18 Å². The maximum atomic E-state index is 12.0. The molecule has 2 atom stereocenters. The maximum Gasteiger partial charge on any atom is 0.323 e. The highest BCUT2D eigenvalue weighted by Gasteiger charge is 2.60. The minimum absolute atomic E-state index is 0.0995. The number of carbonyl (C=O) groups is 1. The van der Waals surface area contributed by atoms with Gasteiger partial charge in [0.25, 0.3) is 0 Å². The van der Waals surface area contributed by atoms with Gasteiger partial charge in [0, 0.05) is 6.42 Å². The van der Waals surface area contributed by atoms with Crippen molar-refractivity contribution in [3.63, 3.8) is 0 Å². The van der Waals surface area contributed by atoms with Gasteiger partial charge in [-0.1, -0.05) is 15.9 Å². The van der Waals surface area contributed by atoms with E-state index in [2.05, 4.69) is 15.9 Å². The Hall–Kier alpha value is -0.120. The van der Waals surface area contributed by atoms with Crippen LogP contribution in [0.3, 0.4) is 0 Å². The smallest absolute Gasteiger partial charge is 0.323 e. The first-order chi connectivity index (χ1) is 3.57. The standard InChI is InChI=1S/C4H4BrFO2/c5-4(3(7)8)1-2(4)6/h2H,1H2,(H,7,8). The van der Waals surface area contributed by atoms with Gasteiger partial charge in [-0.15, -0.1) is 0 Å². The molecule has 2 nitrogen and oxygen atoms in total. The van der Waals surface area contributed by atoms with Gasteiger partial charge in [0.1, 0.15) is 6.17 Å². The van der Waals surface area contributed by atoms with E-state index in [1.165, 1.54) is 0 Å². The molecule has 0 heterocycles. The molecule has 4 heteroatoms. The summed E-state index contributed by atoms with van der Waals surface area (Å²) in [5.74, 6) is -1.11. The van der Waals surface area contributed by atoms with Crippen LogP contribution in [0.2, 0.25) is 0 Å². The van der Waals surface area contributed by atoms with E-state index in [1.807, 2.05) is 0 Å². The molecular formula is C4H4BrFO2. The zero-order valence-corrected chi connectivity index (χ0v) is 5.48. The third kappa shape index (κ3) is 0.632. The van der Waals surface area contributed by atoms with Crippen molar-refractivity contribution in [1.82, 2.24) is 0 Å². The number of halogens is 2. The number of carboxylic acid groups (broad SMARTS) is 1. The Morgan fingerprint density at radius 1 is 2.00 bits per heavy atom. The van der Waals surface area contributed by atoms with Crippen molar-refractivity contribution < 1.29 is 14.3 Å². The summed E-state index contributed by atoms with van der Waals surface area (Å²) in [7, 11) is 0. The Morgan fingerprint density at radius 3 is 2.38 bits per heavy atom. The van der Waals surface area contributed by atoms with E-state index in [1.54, 1.807) is 0 Å². The molecule has 1 N–H and O–H groups in total. The quantitative estimate of drug-likeness (QED) is 0.614. The molecule has 0 amide bonds. The summed E-state index contributed by atoms with van der Waals surface area (Å²) >= 11 is 2.74. The van der Waals surface area contributed by atoms with Gasteiger partial charge in [0.05, 0.1) is 0 Å². The van der Waals surface area contributed by atoms with Crippen molar-refractivity contribution in [1.29, 1.82) is 0 Å². The Balaban J connectivity index is 2.60. The number of aliphatic carboxylic acids is 1. The minimum Gasteiger partial charge on any atom is -0.480 e. The fourth-order valence-corrected chi connectivity index (χ4v) is 0.707. The molecule has 0 radical (unpaired) electrons. The largest absolute Gasteiger partial charge is 0.480 e. The van der Waals surface area contributed by atoms with Crippen molar-refractivity contribution in [2.45, 2.75) is 16.9 Å². The molecule has 0 aromatic heterocycles. The average Bonchev–Trinajstić information content (AvgIpc) is 2.17. The van der Waals surface area contributed by atoms with E-state index >= 15 is 0 Å². The fourth-order valence-electron chi connectivity index (χ4n) is 0.423. The molecule has 8 heavy (non-hydrogen) atoms. The number of alkyl halides is 2. The predicted molar refractivity (Wildman–Crippen MR) is 28.8 cm³/mol. The summed E-state index contributed by atoms with van der Waals surface area (Å²) in [5.41, 5.74) is 0. The topological polar surface area (TPSA) is 37.3 Å². The molecule has 0 aliphatic heterocycles. The van der Waals surface area contributed by atoms with Gasteiger partial charge in [-0.05, 0) is 0 Å². The molecule has 0 saturated heterocycles. The van der Waals surface area contributed by atoms with Gasteiger partial charge in [-0.2, -0.15) is 0 Å². The van der Waals surface area contributed by atoms with Crippen LogP contribution >= 0.6 is 15.9 Å². The molecule has 1 saturated carbocycles. The van der Waals surface area contributed by atoms with Gasteiger partial charge in [-0.25, -0.2) is 4.39 Å². The van der Waals surface area contributed by atoms with Gasteiger partial charge >= 0.3 is 5.97 Å². The van der Waals surface area contributed by atoms with E-state index in [-0.39, 0.29) is 6.42 Å². The lowest BCUT2D eigenvalue weighted by Crippen LogP contribution is -2.16. The molecule has 0 spiro atoms. The lowest BCUT2D eigenvalue weighted by molar-refractivity contribution is -0.137. The molecule has 0 bridgehead atoms. The summed E-state index contributed by atoms with van der Waals surface area (Å²) in [4.78, 5) is 10.0. The van der Waals surface area contributed by atoms with Gasteiger partial charge < -0.3 is 5.11 Å². The van der Waals surface area contributed by atoms with Crippen LogP contribution in [0.15, 0.2) is 0 Å². The van der Waals surface area contributed by atoms with Crippen LogP contribution in [0, 0.1) is 0 Å². The van der Waals surface area contributed by atoms with Crippen LogP contribution in [0.1, 0.15) is 6.42 Å². The highest BCUT2D eigenvalue weighted by Crippen LogP contribution is 2.47. The predicted octanol–water partition coefficient (Wildman–Crippen LogP) is 0.947. The molecular weight excluding hydrogens is 179 g/mol. The lowest BCUT2D eigenvalue weighted by atomic mass is 10.4. The van der Waals surface area contributed by atoms with Crippen LogP contribution < -0.4 is 0 Å². The highest BCUT2D eigenvalue weighted by molar-refractivity contribution is 9.10. The van der Waals surface area contributed by atoms with Gasteiger partial charge in [0.2, 0.25) is 0 Å². The van der Waals surface area contributed by atoms with Crippen molar-refractivity contribution in [2.24, 2.45) is 0 Å². The zero-order chi connectivity index (χ0) is 6.36. The number of hydrogen-bond donors (Lipinski definition) is 1. The molecule has 1 aliphatic rings. The SMILES string of the molecule is O=C(O)C1(Br)CC1F. The van der Waals surface area contributed by atoms with Gasteiger partial charge in [-0.3, -0.25) is 4.79 Å². The van der Waals surface area contributed by atoms with Crippen LogP contribution in [0.5, 0.6) is 0 Å². The molecule has 46 valence electrons. The Labute approximate surface area is 53.8 Å². The first-order valence-corrected chi connectivity index (χ1v) is 2.93. The van der Waals surface area contributed by atoms with E-state index in [0.29, 0.717) is 0 Å². The third-order valence-corrected chi connectivity index (χ3v) is 2.33. The zero-order valence-electron chi connectivity index (χ0n) is 3.90. The summed E-state index contributed by atoms with van der Waals surface area (Å²) < 4.78 is 10.8. The fraction of sp³-hybridized carbons (Fsp3) is 0.750. The molecule has 0 aromatic rings. The second kappa shape index (κ2) is 1.43. The van der Waals surface area contributed by atoms with Gasteiger partial charge in [0.15, 0.2) is 4.32 Å². The minimum atomic E-state index is -1.23. The summed E-state index contributed by atoms with van der Waals surface area (Å²) in [5, 5.41) is 8.20. The molecule has 1 rings (SSSR count). The highest BCUT2D eigenvalue weighted by atomic mass is 79.9. The number of carboxylic acids is 1. The number of hydrogen-bond acceptors (Lipinski definition) is 1. The lowest BCUT2D eigenvalue weighted by Gasteiger charge is -1.93. The molecule has 1 fully saturated rings. The van der Waals surface area contributed by atoms with Crippen molar-refractivity contribution in [3.05, 3.63) is 0 Å². The van der Waals surface area contributed by atoms with Crippen LogP contribution in [-0.4, -0.2) is 21.6 Å². The maximum absolute atomic E-state index is 12.0. The normalized spacial score (nSPS) is 44.0. The number of rotatable bonds is 1. The van der Waals surface area contributed by atoms with Crippen LogP contribution in [0.25, 0.3) is 0 Å². The second-order valence-electron chi connectivity index (χ2n) is 1.84. The molecule has 0 aromatic carbocycles. The Morgan fingerprint density at radius 2 is 2.38 bits per heavy atom. The first-order valence-electron chi connectivity index (χ1n) is 2.14. The summed E-state index contributed by atoms with van der Waals surface area (Å²) in [6, 6.07) is 0. The van der Waals surface area contributed by atoms with E-state index in [4.69, 9.17) is 5.11 Å². The average molecular weight is 183 g/mol. The monoisotopic (exact) mass is 182 g/mol. The van der Waals surface area contributed by atoms with E-state index in [0.717, 1.165) is 0 Å². The summed E-state index contributed by atoms with van der Waals surface area (Å²) in [6.07, 6.45) is -1.09. The van der Waals surface area contributed by atoms with Crippen LogP contribution in [-0.2, 0) is 4.79 Å². The van der Waals surface area contributed by atoms with Crippen molar-refractivity contribution in [3.8, 4) is 0 Å². The second-order valence-corrected chi connectivity index (χ2v) is 3.25. The van der Waals surface area contributed by atoms with Crippen LogP contribution in [0.4, 0.5) is 4.39 Å². The van der Waals surface area contributed by atoms with Crippen molar-refractivity contribution >= 4 is 21.9 Å². The Bertz CT molecular complexity index is 138. The Kier molecular flexibility index (Phi) is 1.08.